The predicted octanol–water partition coefficient (Wildman–Crippen LogP) is 1.13. The Kier molecular flexibility index (Phi) is 3.26. The van der Waals surface area contributed by atoms with E-state index >= 15 is 0 Å². The molecule has 0 saturated heterocycles. The Hall–Kier alpha value is -1.92. The van der Waals surface area contributed by atoms with Gasteiger partial charge in [-0.3, -0.25) is 19.6 Å². The molecule has 0 saturated carbocycles. The molecule has 0 spiro atoms. The third-order valence-electron chi connectivity index (χ3n) is 2.39. The Morgan fingerprint density at radius 3 is 2.56 bits per heavy atom. The van der Waals surface area contributed by atoms with Crippen molar-refractivity contribution in [3.8, 4) is 0 Å². The van der Waals surface area contributed by atoms with Crippen molar-refractivity contribution in [2.24, 2.45) is 5.92 Å². The third kappa shape index (κ3) is 2.18. The standard InChI is InChI=1S/C9H13N3O4/c1-5(9(13)14)4-11-7(3)8(12(15)16)6(2)10-11/h5H,4H2,1-3H3,(H,13,14)/t5-/m0/s1. The van der Waals surface area contributed by atoms with E-state index in [4.69, 9.17) is 5.11 Å². The maximum absolute atomic E-state index is 10.7. The van der Waals surface area contributed by atoms with Gasteiger partial charge in [-0.2, -0.15) is 5.10 Å². The molecule has 1 aromatic heterocycles. The fourth-order valence-electron chi connectivity index (χ4n) is 1.47. The normalized spacial score (nSPS) is 12.4. The first-order valence-corrected chi connectivity index (χ1v) is 4.75. The Labute approximate surface area is 91.8 Å². The number of nitrogens with zero attached hydrogens (tertiary/aromatic N) is 3. The van der Waals surface area contributed by atoms with Crippen molar-refractivity contribution in [3.63, 3.8) is 0 Å². The summed E-state index contributed by atoms with van der Waals surface area (Å²) in [4.78, 5) is 20.9. The first-order chi connectivity index (χ1) is 7.34. The molecule has 7 heteroatoms. The zero-order valence-corrected chi connectivity index (χ0v) is 9.30. The number of aryl methyl sites for hydroxylation is 1. The largest absolute Gasteiger partial charge is 0.481 e. The van der Waals surface area contributed by atoms with Gasteiger partial charge in [0.1, 0.15) is 11.4 Å². The van der Waals surface area contributed by atoms with E-state index in [1.807, 2.05) is 0 Å². The molecule has 0 radical (unpaired) electrons. The summed E-state index contributed by atoms with van der Waals surface area (Å²) < 4.78 is 1.37. The average Bonchev–Trinajstić information content (AvgIpc) is 2.41. The Morgan fingerprint density at radius 2 is 2.19 bits per heavy atom. The molecule has 7 nitrogen and oxygen atoms in total. The fraction of sp³-hybridized carbons (Fsp3) is 0.556. The first kappa shape index (κ1) is 12.2. The van der Waals surface area contributed by atoms with Gasteiger partial charge in [0, 0.05) is 0 Å². The summed E-state index contributed by atoms with van der Waals surface area (Å²) in [5.41, 5.74) is 0.647. The van der Waals surface area contributed by atoms with Crippen LogP contribution in [0.25, 0.3) is 0 Å². The summed E-state index contributed by atoms with van der Waals surface area (Å²) in [6.07, 6.45) is 0. The van der Waals surface area contributed by atoms with Gasteiger partial charge in [-0.15, -0.1) is 0 Å². The Balaban J connectivity index is 3.04. The minimum Gasteiger partial charge on any atom is -0.481 e. The lowest BCUT2D eigenvalue weighted by Gasteiger charge is -2.07. The van der Waals surface area contributed by atoms with Crippen molar-refractivity contribution < 1.29 is 14.8 Å². The van der Waals surface area contributed by atoms with E-state index in [9.17, 15) is 14.9 Å². The van der Waals surface area contributed by atoms with Crippen LogP contribution in [0.15, 0.2) is 0 Å². The number of hydrogen-bond donors (Lipinski definition) is 1. The van der Waals surface area contributed by atoms with E-state index in [2.05, 4.69) is 5.10 Å². The highest BCUT2D eigenvalue weighted by Crippen LogP contribution is 2.22. The molecule has 0 bridgehead atoms. The molecule has 0 amide bonds. The number of aliphatic carboxylic acids is 1. The minimum atomic E-state index is -0.949. The van der Waals surface area contributed by atoms with Crippen LogP contribution in [0.3, 0.4) is 0 Å². The monoisotopic (exact) mass is 227 g/mol. The van der Waals surface area contributed by atoms with Crippen molar-refractivity contribution in [3.05, 3.63) is 21.5 Å². The molecule has 16 heavy (non-hydrogen) atoms. The molecular formula is C9H13N3O4. The van der Waals surface area contributed by atoms with E-state index in [1.165, 1.54) is 18.5 Å². The molecule has 1 aromatic rings. The van der Waals surface area contributed by atoms with E-state index < -0.39 is 16.8 Å². The minimum absolute atomic E-state index is 0.0439. The van der Waals surface area contributed by atoms with E-state index in [0.717, 1.165) is 0 Å². The second kappa shape index (κ2) is 4.30. The summed E-state index contributed by atoms with van der Waals surface area (Å²) in [5, 5.41) is 23.4. The molecule has 88 valence electrons. The van der Waals surface area contributed by atoms with Gasteiger partial charge < -0.3 is 5.11 Å². The number of carboxylic acids is 1. The number of hydrogen-bond acceptors (Lipinski definition) is 4. The van der Waals surface area contributed by atoms with Crippen molar-refractivity contribution in [1.29, 1.82) is 0 Å². The van der Waals surface area contributed by atoms with Crippen LogP contribution in [-0.2, 0) is 11.3 Å². The van der Waals surface area contributed by atoms with Crippen LogP contribution in [0.2, 0.25) is 0 Å². The highest BCUT2D eigenvalue weighted by Gasteiger charge is 2.23. The van der Waals surface area contributed by atoms with Gasteiger partial charge in [0.05, 0.1) is 17.4 Å². The van der Waals surface area contributed by atoms with Crippen molar-refractivity contribution >= 4 is 11.7 Å². The smallest absolute Gasteiger partial charge is 0.312 e. The SMILES string of the molecule is Cc1nn(C[C@H](C)C(=O)O)c(C)c1[N+](=O)[O-]. The quantitative estimate of drug-likeness (QED) is 0.614. The zero-order chi connectivity index (χ0) is 12.5. The van der Waals surface area contributed by atoms with Crippen LogP contribution < -0.4 is 0 Å². The summed E-state index contributed by atoms with van der Waals surface area (Å²) in [5.74, 6) is -1.58. The number of carboxylic acid groups (broad SMARTS) is 1. The lowest BCUT2D eigenvalue weighted by Crippen LogP contribution is -2.18. The molecule has 1 N–H and O–H groups in total. The van der Waals surface area contributed by atoms with Crippen LogP contribution in [0.4, 0.5) is 5.69 Å². The van der Waals surface area contributed by atoms with Crippen LogP contribution in [0.1, 0.15) is 18.3 Å². The number of rotatable bonds is 4. The molecule has 0 aliphatic rings. The van der Waals surface area contributed by atoms with Gasteiger partial charge in [0.25, 0.3) is 0 Å². The van der Waals surface area contributed by atoms with Gasteiger partial charge in [-0.05, 0) is 13.8 Å². The molecule has 0 aliphatic heterocycles. The summed E-state index contributed by atoms with van der Waals surface area (Å²) in [6.45, 7) is 4.76. The molecule has 0 unspecified atom stereocenters. The van der Waals surface area contributed by atoms with Crippen molar-refractivity contribution in [2.45, 2.75) is 27.3 Å². The highest BCUT2D eigenvalue weighted by atomic mass is 16.6. The van der Waals surface area contributed by atoms with Crippen LogP contribution in [-0.4, -0.2) is 25.8 Å². The lowest BCUT2D eigenvalue weighted by molar-refractivity contribution is -0.386. The molecular weight excluding hydrogens is 214 g/mol. The van der Waals surface area contributed by atoms with Crippen molar-refractivity contribution in [1.82, 2.24) is 9.78 Å². The second-order valence-corrected chi connectivity index (χ2v) is 3.70. The fourth-order valence-corrected chi connectivity index (χ4v) is 1.47. The number of aromatic nitrogens is 2. The van der Waals surface area contributed by atoms with Crippen LogP contribution in [0.5, 0.6) is 0 Å². The Bertz CT molecular complexity index is 438. The molecule has 1 rings (SSSR count). The number of nitro groups is 1. The highest BCUT2D eigenvalue weighted by molar-refractivity contribution is 5.69. The second-order valence-electron chi connectivity index (χ2n) is 3.70. The molecule has 1 atom stereocenters. The van der Waals surface area contributed by atoms with Crippen LogP contribution >= 0.6 is 0 Å². The molecule has 0 fully saturated rings. The lowest BCUT2D eigenvalue weighted by atomic mass is 10.2. The molecule has 0 aliphatic carbocycles. The van der Waals surface area contributed by atoms with Gasteiger partial charge in [-0.25, -0.2) is 0 Å². The van der Waals surface area contributed by atoms with Gasteiger partial charge in [-0.1, -0.05) is 6.92 Å². The molecule has 1 heterocycles. The van der Waals surface area contributed by atoms with E-state index in [0.29, 0.717) is 11.4 Å². The van der Waals surface area contributed by atoms with Gasteiger partial charge >= 0.3 is 11.7 Å². The van der Waals surface area contributed by atoms with Gasteiger partial charge in [0.15, 0.2) is 0 Å². The summed E-state index contributed by atoms with van der Waals surface area (Å²) >= 11 is 0. The zero-order valence-electron chi connectivity index (χ0n) is 9.30. The van der Waals surface area contributed by atoms with Gasteiger partial charge in [0.2, 0.25) is 0 Å². The van der Waals surface area contributed by atoms with Crippen molar-refractivity contribution in [2.75, 3.05) is 0 Å². The number of carbonyl (C=O) groups is 1. The summed E-state index contributed by atoms with van der Waals surface area (Å²) in [7, 11) is 0. The predicted molar refractivity (Wildman–Crippen MR) is 55.2 cm³/mol. The Morgan fingerprint density at radius 1 is 1.62 bits per heavy atom. The third-order valence-corrected chi connectivity index (χ3v) is 2.39. The first-order valence-electron chi connectivity index (χ1n) is 4.75. The van der Waals surface area contributed by atoms with Crippen LogP contribution in [0, 0.1) is 29.9 Å². The maximum Gasteiger partial charge on any atom is 0.312 e. The molecule has 0 aromatic carbocycles. The summed E-state index contributed by atoms with van der Waals surface area (Å²) in [6, 6.07) is 0. The maximum atomic E-state index is 10.7. The topological polar surface area (TPSA) is 98.3 Å². The average molecular weight is 227 g/mol. The van der Waals surface area contributed by atoms with E-state index in [1.54, 1.807) is 6.92 Å². The van der Waals surface area contributed by atoms with E-state index in [-0.39, 0.29) is 12.2 Å².